The number of hydrogen-bond acceptors (Lipinski definition) is 7. The summed E-state index contributed by atoms with van der Waals surface area (Å²) in [5.41, 5.74) is 0.877. The standard InChI is InChI=1S/C19H14F3N5O3/c20-13-2-1-11(26-16(28)15-14(21)3-10(5-23)6-25-15)4-12(13)19-9-29-7-18(19,22)8-30-17(24)27-19/h1-4,6H,7-9H2,(H2,24,27)(H,26,28)/t18-,19-/m1/s1. The van der Waals surface area contributed by atoms with Crippen molar-refractivity contribution in [2.24, 2.45) is 10.7 Å². The summed E-state index contributed by atoms with van der Waals surface area (Å²) in [7, 11) is 0. The molecule has 3 heterocycles. The fourth-order valence-electron chi connectivity index (χ4n) is 3.47. The van der Waals surface area contributed by atoms with Crippen LogP contribution >= 0.6 is 0 Å². The zero-order valence-electron chi connectivity index (χ0n) is 15.3. The molecule has 1 amide bonds. The Kier molecular flexibility index (Phi) is 4.58. The number of nitrogens with zero attached hydrogens (tertiary/aromatic N) is 3. The summed E-state index contributed by atoms with van der Waals surface area (Å²) in [4.78, 5) is 20.0. The summed E-state index contributed by atoms with van der Waals surface area (Å²) in [6.07, 6.45) is 1.04. The molecule has 2 aromatic rings. The number of amidine groups is 1. The van der Waals surface area contributed by atoms with Crippen molar-refractivity contribution in [3.63, 3.8) is 0 Å². The predicted octanol–water partition coefficient (Wildman–Crippen LogP) is 1.76. The van der Waals surface area contributed by atoms with Crippen LogP contribution in [0.5, 0.6) is 0 Å². The number of fused-ring (bicyclic) bond motifs is 1. The number of carbonyl (C=O) groups is 1. The molecule has 0 bridgehead atoms. The second kappa shape index (κ2) is 7.00. The van der Waals surface area contributed by atoms with Crippen LogP contribution in [0.2, 0.25) is 0 Å². The van der Waals surface area contributed by atoms with E-state index in [1.165, 1.54) is 12.1 Å². The van der Waals surface area contributed by atoms with Crippen molar-refractivity contribution >= 4 is 17.6 Å². The van der Waals surface area contributed by atoms with E-state index in [0.29, 0.717) is 0 Å². The highest BCUT2D eigenvalue weighted by molar-refractivity contribution is 6.03. The number of nitriles is 1. The topological polar surface area (TPSA) is 123 Å². The maximum absolute atomic E-state index is 15.5. The van der Waals surface area contributed by atoms with Gasteiger partial charge in [-0.3, -0.25) is 4.79 Å². The number of amides is 1. The van der Waals surface area contributed by atoms with Gasteiger partial charge in [0, 0.05) is 17.4 Å². The fraction of sp³-hybridized carbons (Fsp3) is 0.263. The molecule has 1 aromatic heterocycles. The molecule has 0 aliphatic carbocycles. The van der Waals surface area contributed by atoms with Gasteiger partial charge in [-0.1, -0.05) is 0 Å². The number of pyridine rings is 1. The molecule has 0 unspecified atom stereocenters. The molecule has 0 radical (unpaired) electrons. The highest BCUT2D eigenvalue weighted by atomic mass is 19.1. The molecule has 2 aliphatic rings. The first kappa shape index (κ1) is 19.7. The smallest absolute Gasteiger partial charge is 0.283 e. The van der Waals surface area contributed by atoms with E-state index in [4.69, 9.17) is 20.5 Å². The number of hydrogen-bond donors (Lipinski definition) is 2. The number of ether oxygens (including phenoxy) is 2. The molecule has 2 atom stereocenters. The van der Waals surface area contributed by atoms with Gasteiger partial charge in [-0.05, 0) is 24.3 Å². The van der Waals surface area contributed by atoms with E-state index >= 15 is 4.39 Å². The molecule has 1 aromatic carbocycles. The Bertz CT molecular complexity index is 1120. The van der Waals surface area contributed by atoms with Crippen LogP contribution in [-0.4, -0.2) is 42.4 Å². The molecule has 2 aliphatic heterocycles. The first-order valence-corrected chi connectivity index (χ1v) is 8.70. The van der Waals surface area contributed by atoms with Crippen LogP contribution in [0.3, 0.4) is 0 Å². The average Bonchev–Trinajstić information content (AvgIpc) is 3.06. The van der Waals surface area contributed by atoms with Gasteiger partial charge in [0.2, 0.25) is 0 Å². The van der Waals surface area contributed by atoms with Gasteiger partial charge in [-0.2, -0.15) is 5.26 Å². The Labute approximate surface area is 168 Å². The molecule has 1 fully saturated rings. The van der Waals surface area contributed by atoms with E-state index in [1.807, 2.05) is 0 Å². The summed E-state index contributed by atoms with van der Waals surface area (Å²) in [5, 5.41) is 11.1. The maximum atomic E-state index is 15.5. The third-order valence-corrected chi connectivity index (χ3v) is 4.99. The molecule has 11 heteroatoms. The summed E-state index contributed by atoms with van der Waals surface area (Å²) >= 11 is 0. The first-order valence-electron chi connectivity index (χ1n) is 8.70. The van der Waals surface area contributed by atoms with E-state index in [1.54, 1.807) is 6.07 Å². The van der Waals surface area contributed by atoms with Gasteiger partial charge >= 0.3 is 0 Å². The Hall–Kier alpha value is -3.65. The fourth-order valence-corrected chi connectivity index (χ4v) is 3.47. The number of halogens is 3. The van der Waals surface area contributed by atoms with E-state index in [9.17, 15) is 13.6 Å². The van der Waals surface area contributed by atoms with Gasteiger partial charge in [0.05, 0.1) is 18.8 Å². The molecule has 4 rings (SSSR count). The van der Waals surface area contributed by atoms with Crippen molar-refractivity contribution in [1.29, 1.82) is 5.26 Å². The lowest BCUT2D eigenvalue weighted by Gasteiger charge is -2.38. The van der Waals surface area contributed by atoms with Gasteiger partial charge in [0.25, 0.3) is 11.9 Å². The summed E-state index contributed by atoms with van der Waals surface area (Å²) in [6, 6.07) is 5.67. The Morgan fingerprint density at radius 1 is 1.23 bits per heavy atom. The number of nitrogens with two attached hydrogens (primary N) is 1. The molecule has 154 valence electrons. The van der Waals surface area contributed by atoms with Crippen molar-refractivity contribution in [1.82, 2.24) is 4.98 Å². The minimum absolute atomic E-state index is 0.0471. The van der Waals surface area contributed by atoms with Crippen LogP contribution in [0.25, 0.3) is 0 Å². The molecular weight excluding hydrogens is 403 g/mol. The maximum Gasteiger partial charge on any atom is 0.283 e. The minimum Gasteiger partial charge on any atom is -0.462 e. The largest absolute Gasteiger partial charge is 0.462 e. The summed E-state index contributed by atoms with van der Waals surface area (Å²) < 4.78 is 54.4. The van der Waals surface area contributed by atoms with Gasteiger partial charge in [-0.15, -0.1) is 0 Å². The molecule has 1 saturated heterocycles. The van der Waals surface area contributed by atoms with Crippen molar-refractivity contribution < 1.29 is 27.4 Å². The van der Waals surface area contributed by atoms with Crippen LogP contribution in [0.1, 0.15) is 21.6 Å². The monoisotopic (exact) mass is 417 g/mol. The lowest BCUT2D eigenvalue weighted by molar-refractivity contribution is 0.00905. The Balaban J connectivity index is 1.70. The van der Waals surface area contributed by atoms with Gasteiger partial charge in [0.15, 0.2) is 22.7 Å². The molecular formula is C19H14F3N5O3. The number of aromatic nitrogens is 1. The second-order valence-corrected chi connectivity index (χ2v) is 6.87. The van der Waals surface area contributed by atoms with E-state index in [2.05, 4.69) is 15.3 Å². The van der Waals surface area contributed by atoms with Gasteiger partial charge < -0.3 is 20.5 Å². The normalized spacial score (nSPS) is 24.9. The van der Waals surface area contributed by atoms with E-state index in [-0.39, 0.29) is 36.0 Å². The minimum atomic E-state index is -2.17. The van der Waals surface area contributed by atoms with Gasteiger partial charge in [0.1, 0.15) is 18.5 Å². The first-order chi connectivity index (χ1) is 14.3. The van der Waals surface area contributed by atoms with Crippen molar-refractivity contribution in [3.8, 4) is 6.07 Å². The third-order valence-electron chi connectivity index (χ3n) is 4.99. The Morgan fingerprint density at radius 2 is 2.03 bits per heavy atom. The van der Waals surface area contributed by atoms with Gasteiger partial charge in [-0.25, -0.2) is 23.1 Å². The quantitative estimate of drug-likeness (QED) is 0.785. The number of alkyl halides is 1. The van der Waals surface area contributed by atoms with E-state index in [0.717, 1.165) is 18.3 Å². The highest BCUT2D eigenvalue weighted by Gasteiger charge is 2.62. The third kappa shape index (κ3) is 3.02. The second-order valence-electron chi connectivity index (χ2n) is 6.87. The number of aliphatic imine (C=N–C) groups is 1. The molecule has 0 saturated carbocycles. The van der Waals surface area contributed by atoms with Crippen LogP contribution in [0, 0.1) is 23.0 Å². The lowest BCUT2D eigenvalue weighted by Crippen LogP contribution is -2.55. The highest BCUT2D eigenvalue weighted by Crippen LogP contribution is 2.48. The molecule has 3 N–H and O–H groups in total. The van der Waals surface area contributed by atoms with Crippen LogP contribution in [0.15, 0.2) is 35.5 Å². The lowest BCUT2D eigenvalue weighted by atomic mass is 9.78. The zero-order chi connectivity index (χ0) is 21.5. The predicted molar refractivity (Wildman–Crippen MR) is 97.2 cm³/mol. The van der Waals surface area contributed by atoms with Crippen molar-refractivity contribution in [2.45, 2.75) is 11.2 Å². The van der Waals surface area contributed by atoms with Crippen molar-refractivity contribution in [2.75, 3.05) is 25.1 Å². The van der Waals surface area contributed by atoms with Crippen LogP contribution in [0.4, 0.5) is 18.9 Å². The van der Waals surface area contributed by atoms with Crippen LogP contribution < -0.4 is 11.1 Å². The number of nitrogens with one attached hydrogen (secondary N) is 1. The van der Waals surface area contributed by atoms with Crippen molar-refractivity contribution in [3.05, 3.63) is 58.9 Å². The number of carbonyl (C=O) groups excluding carboxylic acids is 1. The molecule has 8 nitrogen and oxygen atoms in total. The van der Waals surface area contributed by atoms with Crippen LogP contribution in [-0.2, 0) is 15.0 Å². The molecule has 30 heavy (non-hydrogen) atoms. The number of anilines is 1. The van der Waals surface area contributed by atoms with E-state index < -0.39 is 41.1 Å². The average molecular weight is 417 g/mol. The summed E-state index contributed by atoms with van der Waals surface area (Å²) in [6.45, 7) is -1.13. The zero-order valence-corrected chi connectivity index (χ0v) is 15.3. The Morgan fingerprint density at radius 3 is 2.77 bits per heavy atom. The number of benzene rings is 1. The molecule has 0 spiro atoms. The SMILES string of the molecule is N#Cc1cnc(C(=O)Nc2ccc(F)c([C@]34COC[C@@]3(F)COC(N)=N4)c2)c(F)c1. The number of rotatable bonds is 3. The summed E-state index contributed by atoms with van der Waals surface area (Å²) in [5.74, 6) is -2.72.